The van der Waals surface area contributed by atoms with Gasteiger partial charge in [-0.1, -0.05) is 60.7 Å². The predicted octanol–water partition coefficient (Wildman–Crippen LogP) is 4.50. The highest BCUT2D eigenvalue weighted by Crippen LogP contribution is 2.26. The average Bonchev–Trinajstić information content (AvgIpc) is 3.25. The molecule has 0 aliphatic rings. The molecule has 0 aliphatic heterocycles. The maximum absolute atomic E-state index is 13.8. The Kier molecular flexibility index (Phi) is 7.23. The SMILES string of the molecule is C[C@H](NC(=O)CN(Cc1ccccc1)S(=O)(=O)c1ccccc1)c1nc2ccccc2n1C(F)F. The highest BCUT2D eigenvalue weighted by Gasteiger charge is 2.28. The van der Waals surface area contributed by atoms with Crippen LogP contribution < -0.4 is 5.32 Å². The van der Waals surface area contributed by atoms with E-state index in [1.54, 1.807) is 60.7 Å². The first-order valence-corrected chi connectivity index (χ1v) is 12.3. The number of fused-ring (bicyclic) bond motifs is 1. The summed E-state index contributed by atoms with van der Waals surface area (Å²) in [5, 5.41) is 2.63. The molecule has 10 heteroatoms. The third-order valence-electron chi connectivity index (χ3n) is 5.49. The van der Waals surface area contributed by atoms with Crippen molar-refractivity contribution in [3.63, 3.8) is 0 Å². The average molecular weight is 499 g/mol. The number of para-hydroxylation sites is 2. The molecule has 3 aromatic carbocycles. The molecule has 35 heavy (non-hydrogen) atoms. The van der Waals surface area contributed by atoms with E-state index in [2.05, 4.69) is 10.3 Å². The van der Waals surface area contributed by atoms with Crippen molar-refractivity contribution < 1.29 is 22.0 Å². The van der Waals surface area contributed by atoms with Gasteiger partial charge >= 0.3 is 6.55 Å². The molecule has 0 fully saturated rings. The number of imidazole rings is 1. The second-order valence-electron chi connectivity index (χ2n) is 7.97. The van der Waals surface area contributed by atoms with Gasteiger partial charge in [0.05, 0.1) is 28.5 Å². The lowest BCUT2D eigenvalue weighted by Gasteiger charge is -2.23. The summed E-state index contributed by atoms with van der Waals surface area (Å²) in [7, 11) is -4.01. The highest BCUT2D eigenvalue weighted by molar-refractivity contribution is 7.89. The van der Waals surface area contributed by atoms with Crippen LogP contribution in [0.25, 0.3) is 11.0 Å². The molecule has 0 unspecified atom stereocenters. The molecule has 4 rings (SSSR count). The van der Waals surface area contributed by atoms with E-state index < -0.39 is 35.1 Å². The minimum Gasteiger partial charge on any atom is -0.345 e. The summed E-state index contributed by atoms with van der Waals surface area (Å²) in [5.74, 6) is -0.657. The molecule has 1 heterocycles. The van der Waals surface area contributed by atoms with Crippen molar-refractivity contribution in [2.45, 2.75) is 31.0 Å². The van der Waals surface area contributed by atoms with E-state index in [-0.39, 0.29) is 22.8 Å². The van der Waals surface area contributed by atoms with Gasteiger partial charge in [0, 0.05) is 6.54 Å². The molecular weight excluding hydrogens is 474 g/mol. The van der Waals surface area contributed by atoms with Gasteiger partial charge in [0.15, 0.2) is 0 Å². The molecule has 182 valence electrons. The molecule has 1 atom stereocenters. The summed E-state index contributed by atoms with van der Waals surface area (Å²) < 4.78 is 56.1. The van der Waals surface area contributed by atoms with E-state index in [9.17, 15) is 22.0 Å². The van der Waals surface area contributed by atoms with Crippen LogP contribution in [0.2, 0.25) is 0 Å². The van der Waals surface area contributed by atoms with Gasteiger partial charge in [-0.25, -0.2) is 13.4 Å². The predicted molar refractivity (Wildman–Crippen MR) is 128 cm³/mol. The first-order chi connectivity index (χ1) is 16.8. The van der Waals surface area contributed by atoms with Gasteiger partial charge < -0.3 is 5.32 Å². The zero-order valence-corrected chi connectivity index (χ0v) is 19.7. The number of carbonyl (C=O) groups excluding carboxylic acids is 1. The number of aromatic nitrogens is 2. The maximum Gasteiger partial charge on any atom is 0.320 e. The number of sulfonamides is 1. The van der Waals surface area contributed by atoms with Gasteiger partial charge in [0.25, 0.3) is 0 Å². The van der Waals surface area contributed by atoms with Gasteiger partial charge in [0.2, 0.25) is 15.9 Å². The molecule has 7 nitrogen and oxygen atoms in total. The Morgan fingerprint density at radius 2 is 1.57 bits per heavy atom. The minimum atomic E-state index is -4.01. The number of benzene rings is 3. The summed E-state index contributed by atoms with van der Waals surface area (Å²) in [6, 6.07) is 22.3. The van der Waals surface area contributed by atoms with Crippen LogP contribution in [0.5, 0.6) is 0 Å². The van der Waals surface area contributed by atoms with E-state index in [0.717, 1.165) is 8.87 Å². The van der Waals surface area contributed by atoms with Gasteiger partial charge in [-0.05, 0) is 36.8 Å². The van der Waals surface area contributed by atoms with Gasteiger partial charge in [-0.3, -0.25) is 9.36 Å². The minimum absolute atomic E-state index is 0.0184. The molecule has 0 bridgehead atoms. The Balaban J connectivity index is 1.59. The molecule has 1 aromatic heterocycles. The number of nitrogens with zero attached hydrogens (tertiary/aromatic N) is 3. The van der Waals surface area contributed by atoms with E-state index in [0.29, 0.717) is 11.1 Å². The topological polar surface area (TPSA) is 84.3 Å². The van der Waals surface area contributed by atoms with Crippen molar-refractivity contribution >= 4 is 27.0 Å². The number of alkyl halides is 2. The molecule has 0 saturated carbocycles. The Bertz CT molecular complexity index is 1410. The number of hydrogen-bond acceptors (Lipinski definition) is 4. The Labute approximate surface area is 202 Å². The number of nitrogens with one attached hydrogen (secondary N) is 1. The molecule has 0 radical (unpaired) electrons. The van der Waals surface area contributed by atoms with Crippen molar-refractivity contribution in [2.24, 2.45) is 0 Å². The molecule has 0 aliphatic carbocycles. The van der Waals surface area contributed by atoms with Crippen LogP contribution in [-0.4, -0.2) is 34.7 Å². The van der Waals surface area contributed by atoms with E-state index in [4.69, 9.17) is 0 Å². The lowest BCUT2D eigenvalue weighted by Crippen LogP contribution is -2.41. The molecule has 0 spiro atoms. The van der Waals surface area contributed by atoms with Crippen LogP contribution in [0.15, 0.2) is 89.8 Å². The number of rotatable bonds is 9. The van der Waals surface area contributed by atoms with Gasteiger partial charge in [-0.15, -0.1) is 0 Å². The normalized spacial score (nSPS) is 12.8. The summed E-state index contributed by atoms with van der Waals surface area (Å²) in [4.78, 5) is 17.3. The second-order valence-corrected chi connectivity index (χ2v) is 9.91. The van der Waals surface area contributed by atoms with Crippen molar-refractivity contribution in [1.82, 2.24) is 19.2 Å². The zero-order valence-electron chi connectivity index (χ0n) is 18.9. The zero-order chi connectivity index (χ0) is 25.0. The summed E-state index contributed by atoms with van der Waals surface area (Å²) in [6.45, 7) is -1.85. The first-order valence-electron chi connectivity index (χ1n) is 10.9. The van der Waals surface area contributed by atoms with Crippen LogP contribution in [-0.2, 0) is 21.4 Å². The van der Waals surface area contributed by atoms with Crippen molar-refractivity contribution in [1.29, 1.82) is 0 Å². The molecule has 1 amide bonds. The largest absolute Gasteiger partial charge is 0.345 e. The van der Waals surface area contributed by atoms with E-state index in [1.165, 1.54) is 25.1 Å². The number of hydrogen-bond donors (Lipinski definition) is 1. The smallest absolute Gasteiger partial charge is 0.320 e. The summed E-state index contributed by atoms with van der Waals surface area (Å²) in [6.07, 6.45) is 0. The standard InChI is InChI=1S/C25H24F2N4O3S/c1-18(24-29-21-14-8-9-15-22(21)31(24)25(26)27)28-23(32)17-30(16-19-10-4-2-5-11-19)35(33,34)20-12-6-3-7-13-20/h2-15,18,25H,16-17H2,1H3,(H,28,32)/t18-/m0/s1. The van der Waals surface area contributed by atoms with Crippen molar-refractivity contribution in [2.75, 3.05) is 6.54 Å². The summed E-state index contributed by atoms with van der Waals surface area (Å²) >= 11 is 0. The fraction of sp³-hybridized carbons (Fsp3) is 0.200. The van der Waals surface area contributed by atoms with Crippen LogP contribution in [0.4, 0.5) is 8.78 Å². The fourth-order valence-electron chi connectivity index (χ4n) is 3.84. The van der Waals surface area contributed by atoms with Gasteiger partial charge in [-0.2, -0.15) is 13.1 Å². The van der Waals surface area contributed by atoms with E-state index in [1.807, 2.05) is 6.07 Å². The van der Waals surface area contributed by atoms with Crippen molar-refractivity contribution in [3.8, 4) is 0 Å². The number of amides is 1. The molecular formula is C25H24F2N4O3S. The second kappa shape index (κ2) is 10.3. The summed E-state index contributed by atoms with van der Waals surface area (Å²) in [5.41, 5.74) is 1.32. The fourth-order valence-corrected chi connectivity index (χ4v) is 5.25. The van der Waals surface area contributed by atoms with Crippen LogP contribution >= 0.6 is 0 Å². The Hall–Kier alpha value is -3.63. The van der Waals surface area contributed by atoms with Crippen LogP contribution in [0.1, 0.15) is 30.9 Å². The third kappa shape index (κ3) is 5.39. The van der Waals surface area contributed by atoms with E-state index >= 15 is 0 Å². The quantitative estimate of drug-likeness (QED) is 0.368. The number of halogens is 2. The molecule has 0 saturated heterocycles. The Morgan fingerprint density at radius 1 is 0.971 bits per heavy atom. The van der Waals surface area contributed by atoms with Crippen LogP contribution in [0, 0.1) is 0 Å². The Morgan fingerprint density at radius 3 is 2.23 bits per heavy atom. The number of carbonyl (C=O) groups is 1. The monoisotopic (exact) mass is 498 g/mol. The highest BCUT2D eigenvalue weighted by atomic mass is 32.2. The molecule has 1 N–H and O–H groups in total. The van der Waals surface area contributed by atoms with Crippen LogP contribution in [0.3, 0.4) is 0 Å². The lowest BCUT2D eigenvalue weighted by molar-refractivity contribution is -0.122. The maximum atomic E-state index is 13.8. The van der Waals surface area contributed by atoms with Crippen molar-refractivity contribution in [3.05, 3.63) is 96.3 Å². The molecule has 4 aromatic rings. The third-order valence-corrected chi connectivity index (χ3v) is 7.29. The van der Waals surface area contributed by atoms with Gasteiger partial charge in [0.1, 0.15) is 5.82 Å². The first kappa shape index (κ1) is 24.5. The lowest BCUT2D eigenvalue weighted by atomic mass is 10.2.